The smallest absolute Gasteiger partial charge is 0.253 e. The first-order chi connectivity index (χ1) is 15.9. The summed E-state index contributed by atoms with van der Waals surface area (Å²) in [6.45, 7) is 6.20. The second kappa shape index (κ2) is 10.8. The van der Waals surface area contributed by atoms with Gasteiger partial charge in [-0.15, -0.1) is 0 Å². The minimum Gasteiger partial charge on any atom is -0.489 e. The summed E-state index contributed by atoms with van der Waals surface area (Å²) in [5.74, 6) is 0.834. The Hall–Kier alpha value is -2.24. The van der Waals surface area contributed by atoms with E-state index < -0.39 is 0 Å². The van der Waals surface area contributed by atoms with E-state index in [9.17, 15) is 4.79 Å². The van der Waals surface area contributed by atoms with Crippen LogP contribution in [0.25, 0.3) is 0 Å². The van der Waals surface area contributed by atoms with Crippen LogP contribution in [0.4, 0.5) is 0 Å². The lowest BCUT2D eigenvalue weighted by molar-refractivity contribution is 0.0628. The van der Waals surface area contributed by atoms with E-state index in [4.69, 9.17) is 39.5 Å². The molecule has 0 spiro atoms. The molecular formula is C26H25Cl3N2O2. The summed E-state index contributed by atoms with van der Waals surface area (Å²) in [5, 5.41) is 1.86. The molecule has 4 nitrogen and oxygen atoms in total. The highest BCUT2D eigenvalue weighted by atomic mass is 35.5. The van der Waals surface area contributed by atoms with Crippen molar-refractivity contribution in [2.24, 2.45) is 0 Å². The molecule has 0 radical (unpaired) electrons. The van der Waals surface area contributed by atoms with Crippen molar-refractivity contribution >= 4 is 40.7 Å². The monoisotopic (exact) mass is 502 g/mol. The summed E-state index contributed by atoms with van der Waals surface area (Å²) in [5.41, 5.74) is 3.80. The van der Waals surface area contributed by atoms with Crippen molar-refractivity contribution < 1.29 is 9.53 Å². The first-order valence-corrected chi connectivity index (χ1v) is 12.0. The number of carbonyl (C=O) groups is 1. The van der Waals surface area contributed by atoms with Gasteiger partial charge in [0.15, 0.2) is 0 Å². The van der Waals surface area contributed by atoms with Gasteiger partial charge in [-0.05, 0) is 66.1 Å². The molecule has 172 valence electrons. The van der Waals surface area contributed by atoms with Crippen molar-refractivity contribution in [1.82, 2.24) is 9.80 Å². The van der Waals surface area contributed by atoms with Crippen LogP contribution in [0, 0.1) is 6.92 Å². The van der Waals surface area contributed by atoms with Crippen LogP contribution in [0.15, 0.2) is 60.7 Å². The Kier molecular flexibility index (Phi) is 7.82. The van der Waals surface area contributed by atoms with Crippen LogP contribution in [0.5, 0.6) is 5.75 Å². The summed E-state index contributed by atoms with van der Waals surface area (Å²) in [7, 11) is 0. The molecule has 1 aliphatic rings. The Balaban J connectivity index is 1.27. The van der Waals surface area contributed by atoms with E-state index in [1.165, 1.54) is 0 Å². The summed E-state index contributed by atoms with van der Waals surface area (Å²) < 4.78 is 5.84. The predicted octanol–water partition coefficient (Wildman–Crippen LogP) is 6.49. The van der Waals surface area contributed by atoms with Gasteiger partial charge in [0.1, 0.15) is 12.4 Å². The molecule has 1 saturated heterocycles. The van der Waals surface area contributed by atoms with Gasteiger partial charge in [-0.1, -0.05) is 53.0 Å². The molecule has 7 heteroatoms. The van der Waals surface area contributed by atoms with Gasteiger partial charge in [-0.2, -0.15) is 0 Å². The van der Waals surface area contributed by atoms with Gasteiger partial charge in [-0.25, -0.2) is 0 Å². The number of hydrogen-bond donors (Lipinski definition) is 0. The standard InChI is InChI=1S/C26H25Cl3N2O2/c1-18-14-22(7-9-23(18)27)33-17-19-2-5-21(6-3-19)26(32)31-12-10-30(11-13-31)16-20-4-8-24(28)25(29)15-20/h2-9,14-15H,10-13,16-17H2,1H3. The van der Waals surface area contributed by atoms with E-state index in [2.05, 4.69) is 4.90 Å². The quantitative estimate of drug-likeness (QED) is 0.385. The molecule has 1 aliphatic heterocycles. The zero-order valence-corrected chi connectivity index (χ0v) is 20.6. The van der Waals surface area contributed by atoms with E-state index in [1.54, 1.807) is 0 Å². The highest BCUT2D eigenvalue weighted by Crippen LogP contribution is 2.24. The van der Waals surface area contributed by atoms with Gasteiger partial charge in [0.2, 0.25) is 0 Å². The molecule has 0 aromatic heterocycles. The van der Waals surface area contributed by atoms with Crippen LogP contribution in [-0.4, -0.2) is 41.9 Å². The van der Waals surface area contributed by atoms with Gasteiger partial charge in [0.05, 0.1) is 10.0 Å². The fourth-order valence-electron chi connectivity index (χ4n) is 3.81. The number of rotatable bonds is 6. The lowest BCUT2D eigenvalue weighted by atomic mass is 10.1. The molecule has 4 rings (SSSR count). The molecule has 0 unspecified atom stereocenters. The van der Waals surface area contributed by atoms with Crippen molar-refractivity contribution in [1.29, 1.82) is 0 Å². The van der Waals surface area contributed by atoms with Gasteiger partial charge < -0.3 is 9.64 Å². The summed E-state index contributed by atoms with van der Waals surface area (Å²) >= 11 is 18.2. The van der Waals surface area contributed by atoms with Gasteiger partial charge in [0, 0.05) is 43.3 Å². The maximum Gasteiger partial charge on any atom is 0.253 e. The summed E-state index contributed by atoms with van der Waals surface area (Å²) in [4.78, 5) is 17.2. The number of benzene rings is 3. The van der Waals surface area contributed by atoms with E-state index in [-0.39, 0.29) is 5.91 Å². The molecule has 0 atom stereocenters. The van der Waals surface area contributed by atoms with Crippen LogP contribution in [-0.2, 0) is 13.2 Å². The van der Waals surface area contributed by atoms with Crippen molar-refractivity contribution in [2.75, 3.05) is 26.2 Å². The molecule has 33 heavy (non-hydrogen) atoms. The topological polar surface area (TPSA) is 32.8 Å². The minimum absolute atomic E-state index is 0.0602. The normalized spacial score (nSPS) is 14.4. The van der Waals surface area contributed by atoms with E-state index in [0.29, 0.717) is 35.3 Å². The van der Waals surface area contributed by atoms with Crippen molar-refractivity contribution in [3.05, 3.63) is 98.0 Å². The van der Waals surface area contributed by atoms with E-state index >= 15 is 0 Å². The Labute approximate surface area is 209 Å². The van der Waals surface area contributed by atoms with Crippen LogP contribution in [0.3, 0.4) is 0 Å². The van der Waals surface area contributed by atoms with Crippen LogP contribution >= 0.6 is 34.8 Å². The average molecular weight is 504 g/mol. The Bertz CT molecular complexity index is 1130. The Morgan fingerprint density at radius 1 is 0.818 bits per heavy atom. The number of aryl methyl sites for hydroxylation is 1. The van der Waals surface area contributed by atoms with Crippen molar-refractivity contribution in [3.8, 4) is 5.75 Å². The molecule has 1 amide bonds. The lowest BCUT2D eigenvalue weighted by Crippen LogP contribution is -2.48. The first-order valence-electron chi connectivity index (χ1n) is 10.8. The molecule has 3 aromatic rings. The molecular weight excluding hydrogens is 479 g/mol. The van der Waals surface area contributed by atoms with E-state index in [1.807, 2.05) is 72.5 Å². The second-order valence-corrected chi connectivity index (χ2v) is 9.43. The first kappa shape index (κ1) is 23.9. The molecule has 1 heterocycles. The van der Waals surface area contributed by atoms with E-state index in [0.717, 1.165) is 47.1 Å². The number of halogens is 3. The molecule has 0 N–H and O–H groups in total. The molecule has 1 fully saturated rings. The largest absolute Gasteiger partial charge is 0.489 e. The fourth-order valence-corrected chi connectivity index (χ4v) is 4.24. The maximum atomic E-state index is 12.9. The van der Waals surface area contributed by atoms with Gasteiger partial charge in [-0.3, -0.25) is 9.69 Å². The zero-order valence-electron chi connectivity index (χ0n) is 18.4. The molecule has 0 aliphatic carbocycles. The third-order valence-corrected chi connectivity index (χ3v) is 6.95. The number of piperazine rings is 1. The Morgan fingerprint density at radius 2 is 1.48 bits per heavy atom. The molecule has 0 bridgehead atoms. The number of ether oxygens (including phenoxy) is 1. The number of nitrogens with zero attached hydrogens (tertiary/aromatic N) is 2. The Morgan fingerprint density at radius 3 is 2.15 bits per heavy atom. The lowest BCUT2D eigenvalue weighted by Gasteiger charge is -2.34. The second-order valence-electron chi connectivity index (χ2n) is 8.21. The number of amides is 1. The van der Waals surface area contributed by atoms with Gasteiger partial charge in [0.25, 0.3) is 5.91 Å². The fraction of sp³-hybridized carbons (Fsp3) is 0.269. The van der Waals surface area contributed by atoms with Crippen molar-refractivity contribution in [2.45, 2.75) is 20.1 Å². The third-order valence-electron chi connectivity index (χ3n) is 5.79. The zero-order chi connectivity index (χ0) is 23.4. The highest BCUT2D eigenvalue weighted by Gasteiger charge is 2.22. The third kappa shape index (κ3) is 6.21. The predicted molar refractivity (Wildman–Crippen MR) is 135 cm³/mol. The maximum absolute atomic E-state index is 12.9. The number of carbonyl (C=O) groups excluding carboxylic acids is 1. The average Bonchev–Trinajstić information content (AvgIpc) is 2.82. The van der Waals surface area contributed by atoms with Crippen LogP contribution in [0.1, 0.15) is 27.0 Å². The number of hydrogen-bond acceptors (Lipinski definition) is 3. The van der Waals surface area contributed by atoms with Crippen LogP contribution < -0.4 is 4.74 Å². The highest BCUT2D eigenvalue weighted by molar-refractivity contribution is 6.42. The van der Waals surface area contributed by atoms with Crippen LogP contribution in [0.2, 0.25) is 15.1 Å². The summed E-state index contributed by atoms with van der Waals surface area (Å²) in [6, 6.07) is 18.9. The summed E-state index contributed by atoms with van der Waals surface area (Å²) in [6.07, 6.45) is 0. The minimum atomic E-state index is 0.0602. The SMILES string of the molecule is Cc1cc(OCc2ccc(C(=O)N3CCN(Cc4ccc(Cl)c(Cl)c4)CC3)cc2)ccc1Cl. The van der Waals surface area contributed by atoms with Gasteiger partial charge >= 0.3 is 0 Å². The van der Waals surface area contributed by atoms with Crippen molar-refractivity contribution in [3.63, 3.8) is 0 Å². The molecule has 0 saturated carbocycles. The molecule has 3 aromatic carbocycles.